The molecule has 2 N–H and O–H groups in total. The highest BCUT2D eigenvalue weighted by Gasteiger charge is 2.35. The second kappa shape index (κ2) is 7.70. The van der Waals surface area contributed by atoms with E-state index in [4.69, 9.17) is 0 Å². The van der Waals surface area contributed by atoms with Gasteiger partial charge in [-0.2, -0.15) is 0 Å². The van der Waals surface area contributed by atoms with Crippen LogP contribution in [0.1, 0.15) is 24.0 Å². The molecule has 1 saturated heterocycles. The maximum absolute atomic E-state index is 12.5. The predicted molar refractivity (Wildman–Crippen MR) is 97.3 cm³/mol. The van der Waals surface area contributed by atoms with Crippen LogP contribution >= 0.6 is 0 Å². The SMILES string of the molecule is O=C(Cc1ccccc1O)N1CCC(CO)(Cc2ccccc2)CC1. The number of hydrogen-bond acceptors (Lipinski definition) is 3. The van der Waals surface area contributed by atoms with Crippen LogP contribution in [-0.2, 0) is 17.6 Å². The van der Waals surface area contributed by atoms with E-state index < -0.39 is 0 Å². The summed E-state index contributed by atoms with van der Waals surface area (Å²) < 4.78 is 0. The minimum atomic E-state index is -0.146. The Labute approximate surface area is 148 Å². The topological polar surface area (TPSA) is 60.8 Å². The van der Waals surface area contributed by atoms with Gasteiger partial charge in [0.1, 0.15) is 5.75 Å². The van der Waals surface area contributed by atoms with Crippen LogP contribution in [0.4, 0.5) is 0 Å². The van der Waals surface area contributed by atoms with E-state index in [1.54, 1.807) is 18.2 Å². The van der Waals surface area contributed by atoms with Crippen LogP contribution < -0.4 is 0 Å². The molecule has 1 fully saturated rings. The maximum atomic E-state index is 12.5. The Hall–Kier alpha value is -2.33. The molecule has 1 aliphatic rings. The molecule has 2 aromatic rings. The van der Waals surface area contributed by atoms with Crippen LogP contribution in [0.5, 0.6) is 5.75 Å². The first-order chi connectivity index (χ1) is 12.1. The number of piperidine rings is 1. The smallest absolute Gasteiger partial charge is 0.227 e. The molecular weight excluding hydrogens is 314 g/mol. The average molecular weight is 339 g/mol. The standard InChI is InChI=1S/C21H25NO3/c23-16-21(15-17-6-2-1-3-7-17)10-12-22(13-11-21)20(25)14-18-8-4-5-9-19(18)24/h1-9,23-24H,10-16H2. The molecule has 25 heavy (non-hydrogen) atoms. The Morgan fingerprint density at radius 1 is 1.00 bits per heavy atom. The van der Waals surface area contributed by atoms with E-state index in [0.29, 0.717) is 18.7 Å². The minimum Gasteiger partial charge on any atom is -0.508 e. The molecule has 132 valence electrons. The first kappa shape index (κ1) is 17.5. The second-order valence-corrected chi connectivity index (χ2v) is 7.01. The number of phenolic OH excluding ortho intramolecular Hbond substituents is 1. The van der Waals surface area contributed by atoms with Crippen molar-refractivity contribution in [2.45, 2.75) is 25.7 Å². The lowest BCUT2D eigenvalue weighted by atomic mass is 9.74. The molecular formula is C21H25NO3. The summed E-state index contributed by atoms with van der Waals surface area (Å²) in [6, 6.07) is 17.2. The molecule has 4 nitrogen and oxygen atoms in total. The lowest BCUT2D eigenvalue weighted by molar-refractivity contribution is -0.133. The van der Waals surface area contributed by atoms with E-state index in [1.807, 2.05) is 29.2 Å². The van der Waals surface area contributed by atoms with Gasteiger partial charge in [0.15, 0.2) is 0 Å². The molecule has 0 bridgehead atoms. The fraction of sp³-hybridized carbons (Fsp3) is 0.381. The number of aliphatic hydroxyl groups excluding tert-OH is 1. The van der Waals surface area contributed by atoms with Gasteiger partial charge in [0.05, 0.1) is 6.42 Å². The highest BCUT2D eigenvalue weighted by molar-refractivity contribution is 5.79. The molecule has 3 rings (SSSR count). The summed E-state index contributed by atoms with van der Waals surface area (Å²) in [4.78, 5) is 14.4. The lowest BCUT2D eigenvalue weighted by Gasteiger charge is -2.41. The van der Waals surface area contributed by atoms with E-state index in [0.717, 1.165) is 19.3 Å². The van der Waals surface area contributed by atoms with Crippen molar-refractivity contribution in [1.82, 2.24) is 4.90 Å². The number of hydrogen-bond donors (Lipinski definition) is 2. The fourth-order valence-corrected chi connectivity index (χ4v) is 3.59. The third-order valence-electron chi connectivity index (χ3n) is 5.27. The summed E-state index contributed by atoms with van der Waals surface area (Å²) in [7, 11) is 0. The van der Waals surface area contributed by atoms with Crippen molar-refractivity contribution in [3.63, 3.8) is 0 Å². The van der Waals surface area contributed by atoms with Crippen molar-refractivity contribution in [1.29, 1.82) is 0 Å². The monoisotopic (exact) mass is 339 g/mol. The van der Waals surface area contributed by atoms with Crippen molar-refractivity contribution in [2.75, 3.05) is 19.7 Å². The first-order valence-corrected chi connectivity index (χ1v) is 8.81. The molecule has 1 amide bonds. The minimum absolute atomic E-state index is 0.0350. The van der Waals surface area contributed by atoms with Gasteiger partial charge >= 0.3 is 0 Å². The predicted octanol–water partition coefficient (Wildman–Crippen LogP) is 2.78. The summed E-state index contributed by atoms with van der Waals surface area (Å²) in [6.45, 7) is 1.45. The van der Waals surface area contributed by atoms with Gasteiger partial charge in [-0.1, -0.05) is 48.5 Å². The molecule has 1 heterocycles. The van der Waals surface area contributed by atoms with Gasteiger partial charge in [-0.15, -0.1) is 0 Å². The van der Waals surface area contributed by atoms with Crippen LogP contribution in [-0.4, -0.2) is 40.7 Å². The number of aromatic hydroxyl groups is 1. The Morgan fingerprint density at radius 2 is 1.64 bits per heavy atom. The Balaban J connectivity index is 1.60. The van der Waals surface area contributed by atoms with Gasteiger partial charge in [0.25, 0.3) is 0 Å². The number of benzene rings is 2. The fourth-order valence-electron chi connectivity index (χ4n) is 3.59. The molecule has 0 radical (unpaired) electrons. The number of carbonyl (C=O) groups is 1. The number of nitrogens with zero attached hydrogens (tertiary/aromatic N) is 1. The summed E-state index contributed by atoms with van der Waals surface area (Å²) in [6.07, 6.45) is 2.65. The van der Waals surface area contributed by atoms with Crippen molar-refractivity contribution in [3.05, 3.63) is 65.7 Å². The molecule has 0 aliphatic carbocycles. The summed E-state index contributed by atoms with van der Waals surface area (Å²) in [5.41, 5.74) is 1.74. The number of amides is 1. The molecule has 0 saturated carbocycles. The highest BCUT2D eigenvalue weighted by Crippen LogP contribution is 2.35. The van der Waals surface area contributed by atoms with Crippen molar-refractivity contribution < 1.29 is 15.0 Å². The van der Waals surface area contributed by atoms with Gasteiger partial charge in [0.2, 0.25) is 5.91 Å². The zero-order valence-electron chi connectivity index (χ0n) is 14.4. The number of aliphatic hydroxyl groups is 1. The average Bonchev–Trinajstić information content (AvgIpc) is 2.65. The van der Waals surface area contributed by atoms with Gasteiger partial charge < -0.3 is 15.1 Å². The highest BCUT2D eigenvalue weighted by atomic mass is 16.3. The molecule has 0 atom stereocenters. The van der Waals surface area contributed by atoms with E-state index in [9.17, 15) is 15.0 Å². The van der Waals surface area contributed by atoms with Crippen LogP contribution in [0.15, 0.2) is 54.6 Å². The Bertz CT molecular complexity index is 706. The molecule has 1 aliphatic heterocycles. The number of phenols is 1. The Morgan fingerprint density at radius 3 is 2.28 bits per heavy atom. The van der Waals surface area contributed by atoms with Crippen LogP contribution in [0.2, 0.25) is 0 Å². The normalized spacial score (nSPS) is 16.6. The third-order valence-corrected chi connectivity index (χ3v) is 5.27. The van der Waals surface area contributed by atoms with Crippen LogP contribution in [0.25, 0.3) is 0 Å². The Kier molecular flexibility index (Phi) is 5.39. The molecule has 0 unspecified atom stereocenters. The van der Waals surface area contributed by atoms with Crippen LogP contribution in [0.3, 0.4) is 0 Å². The maximum Gasteiger partial charge on any atom is 0.227 e. The van der Waals surface area contributed by atoms with Gasteiger partial charge in [-0.25, -0.2) is 0 Å². The van der Waals surface area contributed by atoms with Gasteiger partial charge in [0, 0.05) is 30.7 Å². The van der Waals surface area contributed by atoms with Crippen LogP contribution in [0, 0.1) is 5.41 Å². The number of likely N-dealkylation sites (tertiary alicyclic amines) is 1. The molecule has 0 spiro atoms. The zero-order valence-corrected chi connectivity index (χ0v) is 14.4. The van der Waals surface area contributed by atoms with Crippen molar-refractivity contribution in [3.8, 4) is 5.75 Å². The summed E-state index contributed by atoms with van der Waals surface area (Å²) in [5.74, 6) is 0.203. The number of para-hydroxylation sites is 1. The molecule has 0 aromatic heterocycles. The summed E-state index contributed by atoms with van der Waals surface area (Å²) in [5, 5.41) is 19.8. The van der Waals surface area contributed by atoms with E-state index >= 15 is 0 Å². The summed E-state index contributed by atoms with van der Waals surface area (Å²) >= 11 is 0. The largest absolute Gasteiger partial charge is 0.508 e. The van der Waals surface area contributed by atoms with Gasteiger partial charge in [-0.05, 0) is 30.9 Å². The van der Waals surface area contributed by atoms with E-state index in [2.05, 4.69) is 12.1 Å². The molecule has 4 heteroatoms. The van der Waals surface area contributed by atoms with Gasteiger partial charge in [-0.3, -0.25) is 4.79 Å². The van der Waals surface area contributed by atoms with Crippen molar-refractivity contribution >= 4 is 5.91 Å². The number of carbonyl (C=O) groups excluding carboxylic acids is 1. The molecule has 2 aromatic carbocycles. The second-order valence-electron chi connectivity index (χ2n) is 7.01. The van der Waals surface area contributed by atoms with Crippen molar-refractivity contribution in [2.24, 2.45) is 5.41 Å². The van der Waals surface area contributed by atoms with E-state index in [-0.39, 0.29) is 30.1 Å². The zero-order chi connectivity index (χ0) is 17.7. The quantitative estimate of drug-likeness (QED) is 0.880. The van der Waals surface area contributed by atoms with E-state index in [1.165, 1.54) is 5.56 Å². The number of rotatable bonds is 5. The lowest BCUT2D eigenvalue weighted by Crippen LogP contribution is -2.46. The third kappa shape index (κ3) is 4.20. The first-order valence-electron chi connectivity index (χ1n) is 8.81.